The molecule has 0 saturated carbocycles. The first-order chi connectivity index (χ1) is 14.9. The van der Waals surface area contributed by atoms with Crippen LogP contribution >= 0.6 is 7.28 Å². The van der Waals surface area contributed by atoms with Crippen LogP contribution in [0.2, 0.25) is 0 Å². The van der Waals surface area contributed by atoms with E-state index in [4.69, 9.17) is 0 Å². The Bertz CT molecular complexity index is 850. The maximum absolute atomic E-state index is 10.4. The number of hydrogen-bond acceptors (Lipinski definition) is 3. The van der Waals surface area contributed by atoms with Gasteiger partial charge in [0.05, 0.1) is 0 Å². The molecule has 0 amide bonds. The quantitative estimate of drug-likeness (QED) is 0.235. The molecule has 0 fully saturated rings. The van der Waals surface area contributed by atoms with Gasteiger partial charge in [-0.3, -0.25) is 0 Å². The molecule has 0 aliphatic heterocycles. The monoisotopic (exact) mass is 438 g/mol. The van der Waals surface area contributed by atoms with Crippen LogP contribution in [0.1, 0.15) is 62.0 Å². The van der Waals surface area contributed by atoms with Crippen molar-refractivity contribution in [3.05, 3.63) is 102 Å². The Morgan fingerprint density at radius 3 is 1.45 bits per heavy atom. The molecule has 4 heteroatoms. The molecular formula is C27H35O3P. The van der Waals surface area contributed by atoms with E-state index >= 15 is 0 Å². The fourth-order valence-electron chi connectivity index (χ4n) is 4.22. The zero-order chi connectivity index (χ0) is 22.0. The molecule has 3 aromatic rings. The summed E-state index contributed by atoms with van der Waals surface area (Å²) in [6.07, 6.45) is 7.18. The summed E-state index contributed by atoms with van der Waals surface area (Å²) < 4.78 is 0. The summed E-state index contributed by atoms with van der Waals surface area (Å²) in [6.45, 7) is 0. The summed E-state index contributed by atoms with van der Waals surface area (Å²) in [5.74, 6) is 0.428. The Labute approximate surface area is 186 Å². The summed E-state index contributed by atoms with van der Waals surface area (Å²) >= 11 is 0. The zero-order valence-corrected chi connectivity index (χ0v) is 19.1. The molecule has 0 aliphatic carbocycles. The molecule has 0 heterocycles. The van der Waals surface area contributed by atoms with Crippen molar-refractivity contribution in [1.29, 1.82) is 0 Å². The van der Waals surface area contributed by atoms with Gasteiger partial charge in [-0.25, -0.2) is 0 Å². The van der Waals surface area contributed by atoms with Gasteiger partial charge in [0.1, 0.15) is 0 Å². The molecule has 0 aromatic heterocycles. The van der Waals surface area contributed by atoms with E-state index in [1.807, 2.05) is 0 Å². The molecule has 0 saturated heterocycles. The van der Waals surface area contributed by atoms with Crippen LogP contribution in [0.15, 0.2) is 91.0 Å². The van der Waals surface area contributed by atoms with Gasteiger partial charge in [0.2, 0.25) is 0 Å². The molecule has 0 radical (unpaired) electrons. The van der Waals surface area contributed by atoms with Gasteiger partial charge in [-0.05, 0) is 0 Å². The molecule has 0 spiro atoms. The van der Waals surface area contributed by atoms with E-state index in [0.717, 1.165) is 38.5 Å². The second kappa shape index (κ2) is 11.0. The SMILES string of the molecule is OP(O)(O)(CCCCCCCCC(c1ccccc1)c1ccccc1)c1ccccc1. The first-order valence-corrected chi connectivity index (χ1v) is 13.6. The van der Waals surface area contributed by atoms with Crippen LogP contribution in [-0.2, 0) is 0 Å². The Morgan fingerprint density at radius 2 is 0.935 bits per heavy atom. The fourth-order valence-corrected chi connectivity index (χ4v) is 6.06. The van der Waals surface area contributed by atoms with Crippen molar-refractivity contribution >= 4 is 12.6 Å². The van der Waals surface area contributed by atoms with Crippen molar-refractivity contribution < 1.29 is 14.7 Å². The summed E-state index contributed by atoms with van der Waals surface area (Å²) in [4.78, 5) is 31.2. The van der Waals surface area contributed by atoms with Crippen molar-refractivity contribution in [2.45, 2.75) is 50.9 Å². The van der Waals surface area contributed by atoms with E-state index < -0.39 is 7.28 Å². The summed E-state index contributed by atoms with van der Waals surface area (Å²) in [6, 6.07) is 29.9. The Morgan fingerprint density at radius 1 is 0.516 bits per heavy atom. The van der Waals surface area contributed by atoms with Gasteiger partial charge in [0, 0.05) is 0 Å². The Balaban J connectivity index is 1.39. The van der Waals surface area contributed by atoms with Crippen molar-refractivity contribution in [3.63, 3.8) is 0 Å². The average Bonchev–Trinajstić information content (AvgIpc) is 2.79. The van der Waals surface area contributed by atoms with Crippen molar-refractivity contribution in [2.24, 2.45) is 0 Å². The van der Waals surface area contributed by atoms with Crippen molar-refractivity contribution in [2.75, 3.05) is 6.16 Å². The van der Waals surface area contributed by atoms with Gasteiger partial charge in [-0.2, -0.15) is 0 Å². The van der Waals surface area contributed by atoms with E-state index in [-0.39, 0.29) is 11.5 Å². The third-order valence-corrected chi connectivity index (χ3v) is 8.50. The molecule has 0 atom stereocenters. The predicted molar refractivity (Wildman–Crippen MR) is 132 cm³/mol. The number of rotatable bonds is 12. The molecule has 3 nitrogen and oxygen atoms in total. The van der Waals surface area contributed by atoms with Crippen LogP contribution in [0, 0.1) is 0 Å². The molecule has 31 heavy (non-hydrogen) atoms. The molecular weight excluding hydrogens is 403 g/mol. The van der Waals surface area contributed by atoms with E-state index in [1.165, 1.54) is 11.1 Å². The summed E-state index contributed by atoms with van der Waals surface area (Å²) in [5, 5.41) is 0.251. The van der Waals surface area contributed by atoms with Gasteiger partial charge < -0.3 is 0 Å². The average molecular weight is 439 g/mol. The fraction of sp³-hybridized carbons (Fsp3) is 0.333. The van der Waals surface area contributed by atoms with Crippen LogP contribution in [-0.4, -0.2) is 20.8 Å². The second-order valence-corrected chi connectivity index (χ2v) is 11.8. The van der Waals surface area contributed by atoms with E-state index in [0.29, 0.717) is 12.3 Å². The van der Waals surface area contributed by atoms with E-state index in [9.17, 15) is 14.7 Å². The third-order valence-electron chi connectivity index (χ3n) is 6.00. The maximum atomic E-state index is 10.4. The first-order valence-electron chi connectivity index (χ1n) is 11.4. The zero-order valence-electron chi connectivity index (χ0n) is 18.2. The van der Waals surface area contributed by atoms with Crippen LogP contribution < -0.4 is 5.30 Å². The molecule has 166 valence electrons. The van der Waals surface area contributed by atoms with Gasteiger partial charge >= 0.3 is 174 Å². The predicted octanol–water partition coefficient (Wildman–Crippen LogP) is 6.15. The van der Waals surface area contributed by atoms with Crippen molar-refractivity contribution in [3.8, 4) is 0 Å². The second-order valence-electron chi connectivity index (χ2n) is 8.49. The van der Waals surface area contributed by atoms with Crippen LogP contribution in [0.25, 0.3) is 0 Å². The summed E-state index contributed by atoms with van der Waals surface area (Å²) in [7, 11) is -4.72. The molecule has 3 rings (SSSR count). The van der Waals surface area contributed by atoms with Crippen molar-refractivity contribution in [1.82, 2.24) is 0 Å². The van der Waals surface area contributed by atoms with Crippen LogP contribution in [0.4, 0.5) is 0 Å². The van der Waals surface area contributed by atoms with Crippen LogP contribution in [0.5, 0.6) is 0 Å². The normalized spacial score (nSPS) is 13.1. The van der Waals surface area contributed by atoms with Crippen LogP contribution in [0.3, 0.4) is 0 Å². The molecule has 0 unspecified atom stereocenters. The first kappa shape index (κ1) is 23.6. The van der Waals surface area contributed by atoms with E-state index in [2.05, 4.69) is 60.7 Å². The van der Waals surface area contributed by atoms with Gasteiger partial charge in [-0.15, -0.1) is 0 Å². The Kier molecular flexibility index (Phi) is 8.40. The number of benzene rings is 3. The molecule has 3 aromatic carbocycles. The van der Waals surface area contributed by atoms with Gasteiger partial charge in [0.25, 0.3) is 0 Å². The van der Waals surface area contributed by atoms with E-state index in [1.54, 1.807) is 30.3 Å². The van der Waals surface area contributed by atoms with Gasteiger partial charge in [-0.1, -0.05) is 12.1 Å². The third kappa shape index (κ3) is 7.26. The minimum absolute atomic E-state index is 0.0414. The standard InChI is InChI=1S/C27H35O3P/c28-31(29,30,26-20-12-7-13-21-26)23-15-4-2-1-3-14-22-27(24-16-8-5-9-17-24)25-18-10-6-11-19-25/h5-13,16-21,27-30H,1-4,14-15,22-23H2. The molecule has 0 aliphatic rings. The number of unbranched alkanes of at least 4 members (excludes halogenated alkanes) is 5. The van der Waals surface area contributed by atoms with Gasteiger partial charge in [0.15, 0.2) is 0 Å². The molecule has 3 N–H and O–H groups in total. The Hall–Kier alpha value is -2.03. The summed E-state index contributed by atoms with van der Waals surface area (Å²) in [5.41, 5.74) is 2.74. The number of hydrogen-bond donors (Lipinski definition) is 3. The topological polar surface area (TPSA) is 60.7 Å². The molecule has 0 bridgehead atoms. The minimum atomic E-state index is -4.72.